The van der Waals surface area contributed by atoms with Crippen molar-refractivity contribution in [3.8, 4) is 11.4 Å². The molecule has 2 heterocycles. The minimum Gasteiger partial charge on any atom is -0.377 e. The van der Waals surface area contributed by atoms with Crippen LogP contribution in [0.1, 0.15) is 29.5 Å². The minimum absolute atomic E-state index is 0.00826. The van der Waals surface area contributed by atoms with Gasteiger partial charge in [0.25, 0.3) is 5.91 Å². The van der Waals surface area contributed by atoms with Crippen LogP contribution < -0.4 is 0 Å². The number of ether oxygens (including phenoxy) is 1. The smallest absolute Gasteiger partial charge is 0.274 e. The molecule has 5 nitrogen and oxygen atoms in total. The first-order valence-electron chi connectivity index (χ1n) is 7.71. The summed E-state index contributed by atoms with van der Waals surface area (Å²) in [4.78, 5) is 22.5. The molecular weight excluding hydrogens is 278 g/mol. The van der Waals surface area contributed by atoms with Crippen molar-refractivity contribution in [2.75, 3.05) is 19.8 Å². The predicted octanol–water partition coefficient (Wildman–Crippen LogP) is 2.64. The second-order valence-electron chi connectivity index (χ2n) is 5.56. The van der Waals surface area contributed by atoms with Crippen LogP contribution in [0.25, 0.3) is 11.4 Å². The number of imidazole rings is 1. The number of carbonyl (C=O) groups is 1. The third-order valence-electron chi connectivity index (χ3n) is 4.09. The molecule has 0 aliphatic carbocycles. The molecule has 1 amide bonds. The molecule has 0 unspecified atom stereocenters. The zero-order chi connectivity index (χ0) is 15.5. The quantitative estimate of drug-likeness (QED) is 0.948. The molecule has 2 aromatic rings. The number of aromatic nitrogens is 2. The molecule has 0 spiro atoms. The van der Waals surface area contributed by atoms with Gasteiger partial charge >= 0.3 is 0 Å². The van der Waals surface area contributed by atoms with E-state index in [2.05, 4.69) is 16.9 Å². The van der Waals surface area contributed by atoms with Crippen LogP contribution in [-0.4, -0.2) is 46.6 Å². The highest BCUT2D eigenvalue weighted by molar-refractivity contribution is 5.94. The van der Waals surface area contributed by atoms with Gasteiger partial charge in [-0.05, 0) is 13.3 Å². The van der Waals surface area contributed by atoms with Crippen molar-refractivity contribution in [3.63, 3.8) is 0 Å². The van der Waals surface area contributed by atoms with Gasteiger partial charge in [0, 0.05) is 17.8 Å². The van der Waals surface area contributed by atoms with Crippen molar-refractivity contribution in [1.29, 1.82) is 0 Å². The summed E-state index contributed by atoms with van der Waals surface area (Å²) in [5.74, 6) is 0.730. The Kier molecular flexibility index (Phi) is 4.24. The van der Waals surface area contributed by atoms with E-state index in [-0.39, 0.29) is 11.9 Å². The largest absolute Gasteiger partial charge is 0.377 e. The van der Waals surface area contributed by atoms with Crippen LogP contribution in [0.3, 0.4) is 0 Å². The topological polar surface area (TPSA) is 58.2 Å². The molecule has 22 heavy (non-hydrogen) atoms. The van der Waals surface area contributed by atoms with E-state index in [1.54, 1.807) is 0 Å². The number of carbonyl (C=O) groups excluding carboxylic acids is 1. The highest BCUT2D eigenvalue weighted by atomic mass is 16.5. The fraction of sp³-hybridized carbons (Fsp3) is 0.412. The molecule has 116 valence electrons. The Morgan fingerprint density at radius 3 is 2.91 bits per heavy atom. The van der Waals surface area contributed by atoms with Crippen LogP contribution in [0, 0.1) is 6.92 Å². The molecule has 5 heteroatoms. The van der Waals surface area contributed by atoms with Crippen LogP contribution in [-0.2, 0) is 4.74 Å². The zero-order valence-electron chi connectivity index (χ0n) is 13.0. The molecule has 1 aromatic heterocycles. The van der Waals surface area contributed by atoms with Crippen molar-refractivity contribution in [2.24, 2.45) is 0 Å². The van der Waals surface area contributed by atoms with Gasteiger partial charge in [-0.25, -0.2) is 4.98 Å². The Morgan fingerprint density at radius 2 is 2.18 bits per heavy atom. The third-order valence-corrected chi connectivity index (χ3v) is 4.09. The Balaban J connectivity index is 1.88. The van der Waals surface area contributed by atoms with Crippen molar-refractivity contribution in [3.05, 3.63) is 41.7 Å². The molecule has 0 radical (unpaired) electrons. The lowest BCUT2D eigenvalue weighted by molar-refractivity contribution is -0.00311. The molecule has 1 aliphatic rings. The Hall–Kier alpha value is -2.14. The third kappa shape index (κ3) is 2.76. The number of morpholine rings is 1. The summed E-state index contributed by atoms with van der Waals surface area (Å²) >= 11 is 0. The highest BCUT2D eigenvalue weighted by Gasteiger charge is 2.29. The number of hydrogen-bond donors (Lipinski definition) is 1. The maximum Gasteiger partial charge on any atom is 0.274 e. The Labute approximate surface area is 130 Å². The van der Waals surface area contributed by atoms with Gasteiger partial charge in [0.1, 0.15) is 11.5 Å². The number of aryl methyl sites for hydroxylation is 1. The van der Waals surface area contributed by atoms with Gasteiger partial charge in [0.2, 0.25) is 0 Å². The molecule has 1 atom stereocenters. The lowest BCUT2D eigenvalue weighted by atomic mass is 10.1. The molecule has 1 aliphatic heterocycles. The molecule has 1 fully saturated rings. The number of benzene rings is 1. The van der Waals surface area contributed by atoms with E-state index in [0.717, 1.165) is 23.5 Å². The normalized spacial score (nSPS) is 18.5. The Morgan fingerprint density at radius 1 is 1.41 bits per heavy atom. The summed E-state index contributed by atoms with van der Waals surface area (Å²) in [5, 5.41) is 0. The van der Waals surface area contributed by atoms with Gasteiger partial charge in [0.15, 0.2) is 0 Å². The zero-order valence-corrected chi connectivity index (χ0v) is 13.0. The average Bonchev–Trinajstić information content (AvgIpc) is 2.97. The number of nitrogens with zero attached hydrogens (tertiary/aromatic N) is 2. The van der Waals surface area contributed by atoms with E-state index in [4.69, 9.17) is 4.74 Å². The molecule has 1 aromatic carbocycles. The molecule has 0 bridgehead atoms. The average molecular weight is 299 g/mol. The van der Waals surface area contributed by atoms with Crippen molar-refractivity contribution >= 4 is 5.91 Å². The Bertz CT molecular complexity index is 651. The number of amides is 1. The van der Waals surface area contributed by atoms with Crippen LogP contribution in [0.5, 0.6) is 0 Å². The first kappa shape index (κ1) is 14.8. The number of H-pyrrole nitrogens is 1. The number of aromatic amines is 1. The number of hydrogen-bond acceptors (Lipinski definition) is 3. The van der Waals surface area contributed by atoms with Gasteiger partial charge in [0.05, 0.1) is 19.3 Å². The highest BCUT2D eigenvalue weighted by Crippen LogP contribution is 2.20. The molecular formula is C17H21N3O2. The predicted molar refractivity (Wildman–Crippen MR) is 84.7 cm³/mol. The van der Waals surface area contributed by atoms with E-state index >= 15 is 0 Å². The summed E-state index contributed by atoms with van der Waals surface area (Å²) in [6.07, 6.45) is 0.890. The summed E-state index contributed by atoms with van der Waals surface area (Å²) in [6.45, 7) is 5.80. The van der Waals surface area contributed by atoms with E-state index in [1.807, 2.05) is 42.2 Å². The molecule has 0 saturated carbocycles. The standard InChI is InChI=1S/C17H21N3O2/c1-3-14-11-22-10-9-20(14)17(21)15-12(2)18-16(19-15)13-7-5-4-6-8-13/h4-8,14H,3,9-11H2,1-2H3,(H,18,19)/t14-/m0/s1. The number of rotatable bonds is 3. The van der Waals surface area contributed by atoms with Gasteiger partial charge < -0.3 is 14.6 Å². The van der Waals surface area contributed by atoms with E-state index < -0.39 is 0 Å². The second kappa shape index (κ2) is 6.32. The van der Waals surface area contributed by atoms with Crippen molar-refractivity contribution in [1.82, 2.24) is 14.9 Å². The minimum atomic E-state index is -0.00826. The summed E-state index contributed by atoms with van der Waals surface area (Å²) < 4.78 is 5.47. The summed E-state index contributed by atoms with van der Waals surface area (Å²) in [7, 11) is 0. The molecule has 1 N–H and O–H groups in total. The van der Waals surface area contributed by atoms with E-state index in [1.165, 1.54) is 0 Å². The summed E-state index contributed by atoms with van der Waals surface area (Å²) in [6, 6.07) is 9.99. The van der Waals surface area contributed by atoms with Crippen LogP contribution >= 0.6 is 0 Å². The fourth-order valence-corrected chi connectivity index (χ4v) is 2.80. The van der Waals surface area contributed by atoms with Crippen LogP contribution in [0.15, 0.2) is 30.3 Å². The lowest BCUT2D eigenvalue weighted by Crippen LogP contribution is -2.48. The van der Waals surface area contributed by atoms with Gasteiger partial charge in [-0.15, -0.1) is 0 Å². The second-order valence-corrected chi connectivity index (χ2v) is 5.56. The maximum absolute atomic E-state index is 12.8. The monoisotopic (exact) mass is 299 g/mol. The SMILES string of the molecule is CC[C@H]1COCCN1C(=O)c1nc(-c2ccccc2)[nH]c1C. The first-order chi connectivity index (χ1) is 10.7. The first-order valence-corrected chi connectivity index (χ1v) is 7.71. The van der Waals surface area contributed by atoms with Gasteiger partial charge in [-0.3, -0.25) is 4.79 Å². The van der Waals surface area contributed by atoms with Gasteiger partial charge in [-0.2, -0.15) is 0 Å². The van der Waals surface area contributed by atoms with Gasteiger partial charge in [-0.1, -0.05) is 37.3 Å². The van der Waals surface area contributed by atoms with Crippen LogP contribution in [0.4, 0.5) is 0 Å². The number of nitrogens with one attached hydrogen (secondary N) is 1. The van der Waals surface area contributed by atoms with Crippen molar-refractivity contribution < 1.29 is 9.53 Å². The van der Waals surface area contributed by atoms with Crippen LogP contribution in [0.2, 0.25) is 0 Å². The molecule has 1 saturated heterocycles. The van der Waals surface area contributed by atoms with Crippen molar-refractivity contribution in [2.45, 2.75) is 26.3 Å². The molecule has 3 rings (SSSR count). The maximum atomic E-state index is 12.8. The summed E-state index contributed by atoms with van der Waals surface area (Å²) in [5.41, 5.74) is 2.31. The lowest BCUT2D eigenvalue weighted by Gasteiger charge is -2.34. The van der Waals surface area contributed by atoms with E-state index in [9.17, 15) is 4.79 Å². The fourth-order valence-electron chi connectivity index (χ4n) is 2.80. The van der Waals surface area contributed by atoms with E-state index in [0.29, 0.717) is 25.5 Å².